The van der Waals surface area contributed by atoms with Crippen LogP contribution >= 0.6 is 0 Å². The Labute approximate surface area is 149 Å². The number of amides is 1. The quantitative estimate of drug-likeness (QED) is 0.303. The highest BCUT2D eigenvalue weighted by Gasteiger charge is 2.50. The van der Waals surface area contributed by atoms with E-state index in [0.29, 0.717) is 25.0 Å². The van der Waals surface area contributed by atoms with Crippen molar-refractivity contribution >= 4 is 28.6 Å². The lowest BCUT2D eigenvalue weighted by Crippen LogP contribution is -2.36. The summed E-state index contributed by atoms with van der Waals surface area (Å²) >= 11 is 0. The molecule has 25 heavy (non-hydrogen) atoms. The van der Waals surface area contributed by atoms with Crippen LogP contribution in [0.25, 0.3) is 0 Å². The molecule has 1 aliphatic rings. The van der Waals surface area contributed by atoms with Gasteiger partial charge in [-0.2, -0.15) is 0 Å². The normalized spacial score (nSPS) is 21.2. The van der Waals surface area contributed by atoms with E-state index in [-0.39, 0.29) is 28.7 Å². The molecule has 8 nitrogen and oxygen atoms in total. The predicted octanol–water partition coefficient (Wildman–Crippen LogP) is 0.448. The predicted molar refractivity (Wildman–Crippen MR) is 93.1 cm³/mol. The molecule has 0 bridgehead atoms. The van der Waals surface area contributed by atoms with Crippen LogP contribution in [0.15, 0.2) is 11.8 Å². The largest absolute Gasteiger partial charge is 0.480 e. The minimum Gasteiger partial charge on any atom is -0.480 e. The van der Waals surface area contributed by atoms with Crippen LogP contribution in [0.2, 0.25) is 0 Å². The molecule has 9 heteroatoms. The number of rotatable bonds is 11. The number of unbranched alkanes of at least 4 members (excludes halogenated alkanes) is 2. The number of hydrogen-bond donors (Lipinski definition) is 4. The van der Waals surface area contributed by atoms with E-state index in [9.17, 15) is 18.6 Å². The molecular formula is C16H26N2O6S. The number of allylic oxidation sites excluding steroid dienone is 1. The van der Waals surface area contributed by atoms with Crippen molar-refractivity contribution in [1.29, 1.82) is 0 Å². The fourth-order valence-corrected chi connectivity index (χ4v) is 3.57. The standard InChI is InChI=1S/C16H26N2O6S/c1-16(2)8-10(16)13(19)18-12(15(22)23)6-4-3-5-7-25(24)9-11(17)14(20)21/h6,10-11H,3-5,7-9,17H2,1-2H3,(H,18,19)(H,20,21)(H,22,23)/b12-6+. The van der Waals surface area contributed by atoms with Crippen LogP contribution < -0.4 is 11.1 Å². The molecule has 3 atom stereocenters. The Morgan fingerprint density at radius 3 is 2.40 bits per heavy atom. The fourth-order valence-electron chi connectivity index (χ4n) is 2.34. The summed E-state index contributed by atoms with van der Waals surface area (Å²) in [5, 5.41) is 20.2. The van der Waals surface area contributed by atoms with Gasteiger partial charge in [0.1, 0.15) is 11.7 Å². The van der Waals surface area contributed by atoms with Gasteiger partial charge in [-0.3, -0.25) is 13.8 Å². The Morgan fingerprint density at radius 2 is 1.92 bits per heavy atom. The minimum absolute atomic E-state index is 0.0748. The summed E-state index contributed by atoms with van der Waals surface area (Å²) in [6.07, 6.45) is 3.73. The van der Waals surface area contributed by atoms with Crippen LogP contribution in [-0.2, 0) is 25.2 Å². The molecule has 0 heterocycles. The first kappa shape index (κ1) is 21.3. The SMILES string of the molecule is CC1(C)CC1C(=O)N/C(=C/CCCCS(=O)CC(N)C(=O)O)C(=O)O. The first-order valence-electron chi connectivity index (χ1n) is 8.12. The summed E-state index contributed by atoms with van der Waals surface area (Å²) in [6, 6.07) is -1.14. The lowest BCUT2D eigenvalue weighted by molar-refractivity contribution is -0.138. The van der Waals surface area contributed by atoms with Crippen molar-refractivity contribution in [3.8, 4) is 0 Å². The molecule has 5 N–H and O–H groups in total. The van der Waals surface area contributed by atoms with E-state index in [1.165, 1.54) is 6.08 Å². The van der Waals surface area contributed by atoms with Gasteiger partial charge in [-0.1, -0.05) is 19.9 Å². The number of carbonyl (C=O) groups excluding carboxylic acids is 1. The molecule has 0 aromatic heterocycles. The maximum Gasteiger partial charge on any atom is 0.352 e. The van der Waals surface area contributed by atoms with E-state index in [1.54, 1.807) is 0 Å². The van der Waals surface area contributed by atoms with Gasteiger partial charge >= 0.3 is 11.9 Å². The number of carboxylic acid groups (broad SMARTS) is 2. The first-order chi connectivity index (χ1) is 11.5. The molecule has 0 spiro atoms. The topological polar surface area (TPSA) is 147 Å². The molecule has 0 aromatic rings. The number of nitrogens with two attached hydrogens (primary N) is 1. The molecule has 0 saturated heterocycles. The number of carboxylic acids is 2. The van der Waals surface area contributed by atoms with Crippen molar-refractivity contribution in [3.05, 3.63) is 11.8 Å². The molecule has 3 unspecified atom stereocenters. The third-order valence-electron chi connectivity index (χ3n) is 4.18. The zero-order valence-electron chi connectivity index (χ0n) is 14.5. The van der Waals surface area contributed by atoms with E-state index in [1.807, 2.05) is 13.8 Å². The molecule has 142 valence electrons. The Kier molecular flexibility index (Phi) is 7.75. The van der Waals surface area contributed by atoms with E-state index in [0.717, 1.165) is 6.42 Å². The van der Waals surface area contributed by atoms with E-state index in [4.69, 9.17) is 15.9 Å². The lowest BCUT2D eigenvalue weighted by Gasteiger charge is -2.08. The van der Waals surface area contributed by atoms with Crippen molar-refractivity contribution in [2.24, 2.45) is 17.1 Å². The summed E-state index contributed by atoms with van der Waals surface area (Å²) in [5.74, 6) is -2.60. The van der Waals surface area contributed by atoms with Crippen LogP contribution in [0.1, 0.15) is 39.5 Å². The smallest absolute Gasteiger partial charge is 0.352 e. The van der Waals surface area contributed by atoms with Crippen LogP contribution in [0, 0.1) is 11.3 Å². The Hall–Kier alpha value is -1.74. The van der Waals surface area contributed by atoms with Gasteiger partial charge in [-0.05, 0) is 31.1 Å². The van der Waals surface area contributed by atoms with E-state index in [2.05, 4.69) is 5.32 Å². The second-order valence-corrected chi connectivity index (χ2v) is 8.53. The molecule has 1 saturated carbocycles. The van der Waals surface area contributed by atoms with Crippen molar-refractivity contribution < 1.29 is 28.8 Å². The zero-order valence-corrected chi connectivity index (χ0v) is 15.3. The Morgan fingerprint density at radius 1 is 1.32 bits per heavy atom. The number of carbonyl (C=O) groups is 3. The van der Waals surface area contributed by atoms with Gasteiger partial charge in [-0.25, -0.2) is 4.79 Å². The van der Waals surface area contributed by atoms with Crippen LogP contribution in [0.3, 0.4) is 0 Å². The van der Waals surface area contributed by atoms with Crippen LogP contribution in [0.5, 0.6) is 0 Å². The number of hydrogen-bond acceptors (Lipinski definition) is 5. The second-order valence-electron chi connectivity index (χ2n) is 6.91. The Balaban J connectivity index is 2.34. The molecule has 0 aromatic carbocycles. The second kappa shape index (κ2) is 9.10. The third kappa shape index (κ3) is 7.35. The molecular weight excluding hydrogens is 348 g/mol. The average molecular weight is 374 g/mol. The van der Waals surface area contributed by atoms with Crippen molar-refractivity contribution in [1.82, 2.24) is 5.32 Å². The van der Waals surface area contributed by atoms with Gasteiger partial charge in [0.15, 0.2) is 0 Å². The van der Waals surface area contributed by atoms with Gasteiger partial charge < -0.3 is 21.3 Å². The highest BCUT2D eigenvalue weighted by Crippen LogP contribution is 2.51. The molecule has 0 aliphatic heterocycles. The van der Waals surface area contributed by atoms with Crippen molar-refractivity contribution in [2.75, 3.05) is 11.5 Å². The molecule has 1 rings (SSSR count). The van der Waals surface area contributed by atoms with Gasteiger partial charge in [0, 0.05) is 28.2 Å². The van der Waals surface area contributed by atoms with Gasteiger partial charge in [-0.15, -0.1) is 0 Å². The molecule has 0 radical (unpaired) electrons. The first-order valence-corrected chi connectivity index (χ1v) is 9.61. The maximum atomic E-state index is 12.0. The Bertz CT molecular complexity index is 587. The molecule has 1 fully saturated rings. The van der Waals surface area contributed by atoms with Crippen LogP contribution in [0.4, 0.5) is 0 Å². The van der Waals surface area contributed by atoms with Crippen molar-refractivity contribution in [3.63, 3.8) is 0 Å². The van der Waals surface area contributed by atoms with Gasteiger partial charge in [0.2, 0.25) is 5.91 Å². The summed E-state index contributed by atoms with van der Waals surface area (Å²) in [6.45, 7) is 3.91. The summed E-state index contributed by atoms with van der Waals surface area (Å²) in [4.78, 5) is 33.7. The average Bonchev–Trinajstić information content (AvgIpc) is 3.14. The van der Waals surface area contributed by atoms with E-state index < -0.39 is 28.8 Å². The number of aliphatic carboxylic acids is 2. The van der Waals surface area contributed by atoms with Crippen LogP contribution in [-0.4, -0.2) is 49.8 Å². The van der Waals surface area contributed by atoms with Gasteiger partial charge in [0.25, 0.3) is 0 Å². The lowest BCUT2D eigenvalue weighted by atomic mass is 10.1. The highest BCUT2D eigenvalue weighted by atomic mass is 32.2. The zero-order chi connectivity index (χ0) is 19.2. The van der Waals surface area contributed by atoms with E-state index >= 15 is 0 Å². The number of nitrogens with one attached hydrogen (secondary N) is 1. The minimum atomic E-state index is -1.32. The highest BCUT2D eigenvalue weighted by molar-refractivity contribution is 7.85. The molecule has 1 aliphatic carbocycles. The monoisotopic (exact) mass is 374 g/mol. The summed E-state index contributed by atoms with van der Waals surface area (Å²) in [5.41, 5.74) is 5.10. The third-order valence-corrected chi connectivity index (χ3v) is 5.65. The maximum absolute atomic E-state index is 12.0. The summed E-state index contributed by atoms with van der Waals surface area (Å²) < 4.78 is 11.7. The van der Waals surface area contributed by atoms with Gasteiger partial charge in [0.05, 0.1) is 0 Å². The van der Waals surface area contributed by atoms with Crippen molar-refractivity contribution in [2.45, 2.75) is 45.6 Å². The summed E-state index contributed by atoms with van der Waals surface area (Å²) in [7, 11) is -1.32. The molecule has 1 amide bonds. The fraction of sp³-hybridized carbons (Fsp3) is 0.688.